The van der Waals surface area contributed by atoms with Gasteiger partial charge in [0.15, 0.2) is 11.9 Å². The van der Waals surface area contributed by atoms with Crippen LogP contribution in [0, 0.1) is 0 Å². The summed E-state index contributed by atoms with van der Waals surface area (Å²) in [6, 6.07) is 12.2. The lowest BCUT2D eigenvalue weighted by Crippen LogP contribution is -2.59. The number of alkyl halides is 4. The molecule has 0 amide bonds. The Morgan fingerprint density at radius 2 is 1.54 bits per heavy atom. The molecule has 1 fully saturated rings. The summed E-state index contributed by atoms with van der Waals surface area (Å²) >= 11 is 0. The van der Waals surface area contributed by atoms with Crippen LogP contribution in [-0.4, -0.2) is 85.0 Å². The maximum Gasteiger partial charge on any atom is 0.463 e. The predicted molar refractivity (Wildman–Crippen MR) is 138 cm³/mol. The van der Waals surface area contributed by atoms with Gasteiger partial charge in [0, 0.05) is 33.8 Å². The second-order valence-electron chi connectivity index (χ2n) is 9.29. The average molecular weight is 583 g/mol. The van der Waals surface area contributed by atoms with E-state index in [0.29, 0.717) is 17.1 Å². The predicted octanol–water partition coefficient (Wildman–Crippen LogP) is 4.70. The highest BCUT2D eigenvalue weighted by Crippen LogP contribution is 2.36. The van der Waals surface area contributed by atoms with Crippen LogP contribution >= 0.6 is 0 Å². The first-order chi connectivity index (χ1) is 19.5. The standard InChI is InChI=1S/C27H30F4N4O6/c1-16-21(36-3)22(37-4)23(38-5)25(39-16)41-33-14-17-6-8-18(9-7-17)24-32-15-35(34-24)19-10-12-20(13-11-19)40-27(30,31)26(2,28)29/h6-16,21-23,25H,1-5H3/b33-14+/t16-,21+,22+,23-,25-/m0/s1. The number of nitrogens with zero attached hydrogens (tertiary/aromatic N) is 4. The summed E-state index contributed by atoms with van der Waals surface area (Å²) in [5.74, 6) is -4.35. The number of hydrogen-bond acceptors (Lipinski definition) is 9. The number of halogens is 4. The molecule has 14 heteroatoms. The van der Waals surface area contributed by atoms with Crippen LogP contribution < -0.4 is 4.74 Å². The van der Waals surface area contributed by atoms with Crippen molar-refractivity contribution in [3.05, 3.63) is 60.4 Å². The quantitative estimate of drug-likeness (QED) is 0.182. The second-order valence-corrected chi connectivity index (χ2v) is 9.29. The molecule has 0 bridgehead atoms. The first kappa shape index (κ1) is 30.4. The van der Waals surface area contributed by atoms with E-state index in [0.717, 1.165) is 17.7 Å². The van der Waals surface area contributed by atoms with Crippen molar-refractivity contribution in [2.45, 2.75) is 56.6 Å². The van der Waals surface area contributed by atoms with Crippen LogP contribution in [0.5, 0.6) is 5.75 Å². The lowest BCUT2D eigenvalue weighted by Gasteiger charge is -2.42. The molecule has 0 aliphatic carbocycles. The number of benzene rings is 2. The fourth-order valence-electron chi connectivity index (χ4n) is 4.19. The molecule has 0 saturated carbocycles. The molecule has 0 unspecified atom stereocenters. The molecule has 222 valence electrons. The Morgan fingerprint density at radius 3 is 2.12 bits per heavy atom. The van der Waals surface area contributed by atoms with Crippen molar-refractivity contribution in [3.63, 3.8) is 0 Å². The summed E-state index contributed by atoms with van der Waals surface area (Å²) in [7, 11) is 4.67. The Hall–Kier alpha value is -3.59. The third-order valence-corrected chi connectivity index (χ3v) is 6.43. The van der Waals surface area contributed by atoms with Crippen LogP contribution in [0.25, 0.3) is 17.1 Å². The fraction of sp³-hybridized carbons (Fsp3) is 0.444. The van der Waals surface area contributed by atoms with Crippen molar-refractivity contribution in [2.75, 3.05) is 21.3 Å². The molecule has 4 rings (SSSR count). The molecule has 5 atom stereocenters. The van der Waals surface area contributed by atoms with Crippen LogP contribution in [0.2, 0.25) is 0 Å². The molecule has 41 heavy (non-hydrogen) atoms. The summed E-state index contributed by atoms with van der Waals surface area (Å²) < 4.78 is 81.0. The van der Waals surface area contributed by atoms with Gasteiger partial charge >= 0.3 is 12.0 Å². The van der Waals surface area contributed by atoms with E-state index >= 15 is 0 Å². The monoisotopic (exact) mass is 582 g/mol. The van der Waals surface area contributed by atoms with Crippen molar-refractivity contribution in [2.24, 2.45) is 5.16 Å². The highest BCUT2D eigenvalue weighted by Gasteiger charge is 2.55. The van der Waals surface area contributed by atoms with E-state index in [4.69, 9.17) is 23.8 Å². The van der Waals surface area contributed by atoms with E-state index < -0.39 is 36.3 Å². The van der Waals surface area contributed by atoms with Gasteiger partial charge in [-0.25, -0.2) is 9.67 Å². The highest BCUT2D eigenvalue weighted by atomic mass is 19.3. The van der Waals surface area contributed by atoms with Gasteiger partial charge in [0.2, 0.25) is 0 Å². The van der Waals surface area contributed by atoms with E-state index in [-0.39, 0.29) is 19.1 Å². The van der Waals surface area contributed by atoms with Crippen LogP contribution in [0.1, 0.15) is 19.4 Å². The van der Waals surface area contributed by atoms with Gasteiger partial charge in [-0.05, 0) is 36.8 Å². The molecule has 0 spiro atoms. The van der Waals surface area contributed by atoms with Crippen molar-refractivity contribution >= 4 is 6.21 Å². The van der Waals surface area contributed by atoms with Crippen LogP contribution in [0.3, 0.4) is 0 Å². The number of oxime groups is 1. The summed E-state index contributed by atoms with van der Waals surface area (Å²) in [5, 5.41) is 8.43. The second kappa shape index (κ2) is 12.5. The van der Waals surface area contributed by atoms with Crippen LogP contribution in [0.4, 0.5) is 17.6 Å². The molecule has 2 aromatic carbocycles. The lowest BCUT2D eigenvalue weighted by atomic mass is 9.99. The van der Waals surface area contributed by atoms with Gasteiger partial charge in [0.05, 0.1) is 18.0 Å². The normalized spacial score (nSPS) is 23.6. The molecule has 0 radical (unpaired) electrons. The van der Waals surface area contributed by atoms with E-state index in [1.807, 2.05) is 6.92 Å². The minimum Gasteiger partial charge on any atom is -0.428 e. The minimum absolute atomic E-state index is 0.0873. The molecule has 2 heterocycles. The fourth-order valence-corrected chi connectivity index (χ4v) is 4.19. The van der Waals surface area contributed by atoms with Crippen molar-refractivity contribution < 1.29 is 46.1 Å². The number of hydrogen-bond donors (Lipinski definition) is 0. The smallest absolute Gasteiger partial charge is 0.428 e. The lowest BCUT2D eigenvalue weighted by molar-refractivity contribution is -0.305. The average Bonchev–Trinajstić information content (AvgIpc) is 3.43. The maximum atomic E-state index is 13.5. The Balaban J connectivity index is 1.38. The van der Waals surface area contributed by atoms with E-state index in [1.54, 1.807) is 38.5 Å². The summed E-state index contributed by atoms with van der Waals surface area (Å²) in [6.07, 6.45) is -4.12. The molecule has 0 N–H and O–H groups in total. The molecular formula is C27H30F4N4O6. The van der Waals surface area contributed by atoms with Crippen molar-refractivity contribution in [3.8, 4) is 22.8 Å². The molecule has 10 nitrogen and oxygen atoms in total. The van der Waals surface area contributed by atoms with Gasteiger partial charge in [-0.1, -0.05) is 29.4 Å². The Bertz CT molecular complexity index is 1300. The van der Waals surface area contributed by atoms with Gasteiger partial charge in [-0.2, -0.15) is 17.6 Å². The topological polar surface area (TPSA) is 98.5 Å². The first-order valence-electron chi connectivity index (χ1n) is 12.5. The van der Waals surface area contributed by atoms with Gasteiger partial charge in [0.25, 0.3) is 6.29 Å². The molecular weight excluding hydrogens is 552 g/mol. The Kier molecular flexibility index (Phi) is 9.27. The van der Waals surface area contributed by atoms with E-state index in [2.05, 4.69) is 20.0 Å². The number of methoxy groups -OCH3 is 3. The Morgan fingerprint density at radius 1 is 0.902 bits per heavy atom. The molecule has 1 aliphatic heterocycles. The first-order valence-corrected chi connectivity index (χ1v) is 12.5. The minimum atomic E-state index is -4.65. The van der Waals surface area contributed by atoms with Crippen LogP contribution in [-0.2, 0) is 23.8 Å². The number of rotatable bonds is 11. The van der Waals surface area contributed by atoms with Gasteiger partial charge in [-0.3, -0.25) is 0 Å². The molecule has 1 aliphatic rings. The van der Waals surface area contributed by atoms with Crippen molar-refractivity contribution in [1.29, 1.82) is 0 Å². The third kappa shape index (κ3) is 6.84. The maximum absolute atomic E-state index is 13.5. The largest absolute Gasteiger partial charge is 0.463 e. The number of ether oxygens (including phenoxy) is 5. The zero-order chi connectivity index (χ0) is 29.8. The molecule has 1 saturated heterocycles. The van der Waals surface area contributed by atoms with Crippen LogP contribution in [0.15, 0.2) is 60.0 Å². The zero-order valence-corrected chi connectivity index (χ0v) is 22.9. The van der Waals surface area contributed by atoms with E-state index in [1.165, 1.54) is 36.5 Å². The number of aromatic nitrogens is 3. The summed E-state index contributed by atoms with van der Waals surface area (Å²) in [5.41, 5.74) is 1.89. The Labute approximate surface area is 233 Å². The SMILES string of the molecule is CO[C@H]1[C@H](OC)[C@H](O/N=C/c2ccc(-c3ncn(-c4ccc(OC(F)(F)C(C)(F)F)cc4)n3)cc2)O[C@@H](C)[C@H]1OC. The molecule has 1 aromatic heterocycles. The van der Waals surface area contributed by atoms with E-state index in [9.17, 15) is 17.6 Å². The highest BCUT2D eigenvalue weighted by molar-refractivity contribution is 5.80. The zero-order valence-electron chi connectivity index (χ0n) is 22.9. The third-order valence-electron chi connectivity index (χ3n) is 6.43. The summed E-state index contributed by atoms with van der Waals surface area (Å²) in [6.45, 7) is 1.94. The molecule has 3 aromatic rings. The summed E-state index contributed by atoms with van der Waals surface area (Å²) in [4.78, 5) is 9.85. The van der Waals surface area contributed by atoms with Gasteiger partial charge in [0.1, 0.15) is 24.3 Å². The van der Waals surface area contributed by atoms with Crippen molar-refractivity contribution in [1.82, 2.24) is 14.8 Å². The van der Waals surface area contributed by atoms with Gasteiger partial charge < -0.3 is 28.5 Å². The van der Waals surface area contributed by atoms with Gasteiger partial charge in [-0.15, -0.1) is 5.10 Å².